The van der Waals surface area contributed by atoms with Crippen molar-refractivity contribution in [2.75, 3.05) is 0 Å². The summed E-state index contributed by atoms with van der Waals surface area (Å²) in [6.45, 7) is 10.6. The average molecular weight is 341 g/mol. The quantitative estimate of drug-likeness (QED) is 0.737. The first kappa shape index (κ1) is 17.5. The third-order valence-electron chi connectivity index (χ3n) is 4.77. The summed E-state index contributed by atoms with van der Waals surface area (Å²) in [7, 11) is 2.07. The van der Waals surface area contributed by atoms with Crippen LogP contribution in [0.15, 0.2) is 29.2 Å². The van der Waals surface area contributed by atoms with Crippen molar-refractivity contribution in [1.82, 2.24) is 24.5 Å². The first-order chi connectivity index (χ1) is 11.8. The van der Waals surface area contributed by atoms with Crippen molar-refractivity contribution in [3.8, 4) is 0 Å². The fourth-order valence-electron chi connectivity index (χ4n) is 3.27. The molecule has 0 aliphatic rings. The molecule has 0 radical (unpaired) electrons. The third kappa shape index (κ3) is 3.25. The molecule has 134 valence electrons. The van der Waals surface area contributed by atoms with Crippen LogP contribution in [0.4, 0.5) is 0 Å². The lowest BCUT2D eigenvalue weighted by molar-refractivity contribution is 0.423. The zero-order valence-corrected chi connectivity index (χ0v) is 15.9. The molecule has 1 unspecified atom stereocenters. The van der Waals surface area contributed by atoms with Crippen LogP contribution >= 0.6 is 0 Å². The Morgan fingerprint density at radius 3 is 2.52 bits per heavy atom. The standard InChI is InChI=1S/C19H27N5O/c1-12(2)17-23-10-14(25-17)9-13(3)16-22-11-15(24(16)6)19(4,5)18-20-7-8-21-18/h7-8,10-13H,9H2,1-6H3,(H,20,21). The summed E-state index contributed by atoms with van der Waals surface area (Å²) in [6, 6.07) is 0. The monoisotopic (exact) mass is 341 g/mol. The minimum Gasteiger partial charge on any atom is -0.445 e. The van der Waals surface area contributed by atoms with Gasteiger partial charge in [0.2, 0.25) is 0 Å². The first-order valence-electron chi connectivity index (χ1n) is 8.77. The van der Waals surface area contributed by atoms with Gasteiger partial charge in [-0.25, -0.2) is 15.0 Å². The molecule has 0 saturated heterocycles. The molecule has 0 amide bonds. The van der Waals surface area contributed by atoms with E-state index in [1.54, 1.807) is 6.20 Å². The summed E-state index contributed by atoms with van der Waals surface area (Å²) in [5.74, 6) is 4.22. The molecular weight excluding hydrogens is 314 g/mol. The van der Waals surface area contributed by atoms with E-state index in [1.807, 2.05) is 18.6 Å². The second-order valence-electron chi connectivity index (χ2n) is 7.55. The Morgan fingerprint density at radius 1 is 1.16 bits per heavy atom. The van der Waals surface area contributed by atoms with Crippen LogP contribution in [-0.4, -0.2) is 24.5 Å². The number of nitrogens with zero attached hydrogens (tertiary/aromatic N) is 4. The molecule has 3 aromatic rings. The van der Waals surface area contributed by atoms with Crippen LogP contribution in [0.3, 0.4) is 0 Å². The second kappa shape index (κ2) is 6.50. The van der Waals surface area contributed by atoms with Crippen molar-refractivity contribution >= 4 is 0 Å². The lowest BCUT2D eigenvalue weighted by atomic mass is 9.88. The maximum absolute atomic E-state index is 5.85. The summed E-state index contributed by atoms with van der Waals surface area (Å²) >= 11 is 0. The van der Waals surface area contributed by atoms with Gasteiger partial charge in [0.25, 0.3) is 0 Å². The SMILES string of the molecule is CC(C)c1ncc(CC(C)c2ncc(C(C)(C)c3ncc[nH]3)n2C)o1. The van der Waals surface area contributed by atoms with Gasteiger partial charge in [-0.2, -0.15) is 0 Å². The molecule has 6 heteroatoms. The lowest BCUT2D eigenvalue weighted by Gasteiger charge is -2.23. The van der Waals surface area contributed by atoms with E-state index in [4.69, 9.17) is 4.42 Å². The Labute approximate surface area is 148 Å². The summed E-state index contributed by atoms with van der Waals surface area (Å²) in [6.07, 6.45) is 8.21. The van der Waals surface area contributed by atoms with Gasteiger partial charge in [-0.3, -0.25) is 0 Å². The molecule has 0 aliphatic carbocycles. The predicted molar refractivity (Wildman–Crippen MR) is 96.6 cm³/mol. The van der Waals surface area contributed by atoms with Gasteiger partial charge in [-0.1, -0.05) is 20.8 Å². The van der Waals surface area contributed by atoms with E-state index in [9.17, 15) is 0 Å². The van der Waals surface area contributed by atoms with E-state index in [-0.39, 0.29) is 11.3 Å². The number of hydrogen-bond donors (Lipinski definition) is 1. The number of aromatic amines is 1. The third-order valence-corrected chi connectivity index (χ3v) is 4.77. The summed E-state index contributed by atoms with van der Waals surface area (Å²) in [5.41, 5.74) is 0.894. The molecule has 0 saturated carbocycles. The largest absolute Gasteiger partial charge is 0.445 e. The van der Waals surface area contributed by atoms with E-state index >= 15 is 0 Å². The van der Waals surface area contributed by atoms with Crippen molar-refractivity contribution in [1.29, 1.82) is 0 Å². The Balaban J connectivity index is 1.82. The van der Waals surface area contributed by atoms with Crippen LogP contribution in [-0.2, 0) is 18.9 Å². The second-order valence-corrected chi connectivity index (χ2v) is 7.55. The highest BCUT2D eigenvalue weighted by Crippen LogP contribution is 2.31. The van der Waals surface area contributed by atoms with Crippen molar-refractivity contribution < 1.29 is 4.42 Å². The van der Waals surface area contributed by atoms with Crippen molar-refractivity contribution in [2.45, 2.75) is 58.3 Å². The number of nitrogens with one attached hydrogen (secondary N) is 1. The van der Waals surface area contributed by atoms with Gasteiger partial charge in [0, 0.05) is 43.9 Å². The van der Waals surface area contributed by atoms with Gasteiger partial charge in [0.15, 0.2) is 5.89 Å². The molecule has 0 fully saturated rings. The fraction of sp³-hybridized carbons (Fsp3) is 0.526. The summed E-state index contributed by atoms with van der Waals surface area (Å²) in [4.78, 5) is 16.7. The van der Waals surface area contributed by atoms with Crippen LogP contribution in [0, 0.1) is 0 Å². The minimum atomic E-state index is -0.236. The summed E-state index contributed by atoms with van der Waals surface area (Å²) in [5, 5.41) is 0. The highest BCUT2D eigenvalue weighted by molar-refractivity contribution is 5.26. The molecular formula is C19H27N5O. The molecule has 0 spiro atoms. The Hall–Kier alpha value is -2.37. The Morgan fingerprint density at radius 2 is 1.92 bits per heavy atom. The highest BCUT2D eigenvalue weighted by Gasteiger charge is 2.30. The highest BCUT2D eigenvalue weighted by atomic mass is 16.4. The van der Waals surface area contributed by atoms with Crippen molar-refractivity contribution in [2.24, 2.45) is 7.05 Å². The number of hydrogen-bond acceptors (Lipinski definition) is 4. The van der Waals surface area contributed by atoms with Crippen LogP contribution < -0.4 is 0 Å². The van der Waals surface area contributed by atoms with Gasteiger partial charge in [-0.15, -0.1) is 0 Å². The van der Waals surface area contributed by atoms with E-state index in [0.29, 0.717) is 5.92 Å². The van der Waals surface area contributed by atoms with Crippen LogP contribution in [0.2, 0.25) is 0 Å². The fourth-order valence-corrected chi connectivity index (χ4v) is 3.27. The normalized spacial score (nSPS) is 13.6. The summed E-state index contributed by atoms with van der Waals surface area (Å²) < 4.78 is 8.02. The van der Waals surface area contributed by atoms with Gasteiger partial charge in [0.05, 0.1) is 17.3 Å². The van der Waals surface area contributed by atoms with Gasteiger partial charge in [-0.05, 0) is 13.8 Å². The van der Waals surface area contributed by atoms with Crippen molar-refractivity contribution in [3.05, 3.63) is 53.8 Å². The molecule has 6 nitrogen and oxygen atoms in total. The maximum atomic E-state index is 5.85. The van der Waals surface area contributed by atoms with Crippen molar-refractivity contribution in [3.63, 3.8) is 0 Å². The van der Waals surface area contributed by atoms with E-state index < -0.39 is 0 Å². The van der Waals surface area contributed by atoms with Gasteiger partial charge < -0.3 is 14.0 Å². The molecule has 1 N–H and O–H groups in total. The zero-order chi connectivity index (χ0) is 18.2. The molecule has 0 bridgehead atoms. The topological polar surface area (TPSA) is 72.5 Å². The predicted octanol–water partition coefficient (Wildman–Crippen LogP) is 3.93. The number of aromatic nitrogens is 5. The molecule has 25 heavy (non-hydrogen) atoms. The first-order valence-corrected chi connectivity index (χ1v) is 8.77. The molecule has 0 aliphatic heterocycles. The minimum absolute atomic E-state index is 0.235. The lowest BCUT2D eigenvalue weighted by Crippen LogP contribution is -2.24. The Bertz CT molecular complexity index is 826. The van der Waals surface area contributed by atoms with Crippen LogP contribution in [0.1, 0.15) is 75.4 Å². The average Bonchev–Trinajstić information content (AvgIpc) is 3.27. The number of H-pyrrole nitrogens is 1. The molecule has 0 aromatic carbocycles. The van der Waals surface area contributed by atoms with E-state index in [0.717, 1.165) is 35.4 Å². The zero-order valence-electron chi connectivity index (χ0n) is 15.9. The molecule has 1 atom stereocenters. The van der Waals surface area contributed by atoms with E-state index in [2.05, 4.69) is 66.2 Å². The number of imidazole rings is 2. The molecule has 3 heterocycles. The van der Waals surface area contributed by atoms with Gasteiger partial charge in [0.1, 0.15) is 17.4 Å². The number of oxazole rings is 1. The maximum Gasteiger partial charge on any atom is 0.196 e. The smallest absolute Gasteiger partial charge is 0.196 e. The van der Waals surface area contributed by atoms with Gasteiger partial charge >= 0.3 is 0 Å². The number of rotatable bonds is 6. The molecule has 3 aromatic heterocycles. The van der Waals surface area contributed by atoms with E-state index in [1.165, 1.54) is 0 Å². The van der Waals surface area contributed by atoms with Crippen LogP contribution in [0.25, 0.3) is 0 Å². The molecule has 3 rings (SSSR count). The van der Waals surface area contributed by atoms with Crippen LogP contribution in [0.5, 0.6) is 0 Å². The Kier molecular flexibility index (Phi) is 4.54.